The predicted octanol–water partition coefficient (Wildman–Crippen LogP) is 2.04. The molecular formula is C16H25FN2O2S. The molecule has 4 rings (SSSR count). The number of halogens is 1. The van der Waals surface area contributed by atoms with Gasteiger partial charge in [-0.05, 0) is 50.4 Å². The summed E-state index contributed by atoms with van der Waals surface area (Å²) >= 11 is 1.86. The van der Waals surface area contributed by atoms with E-state index in [1.165, 1.54) is 0 Å². The normalized spacial score (nSPS) is 47.8. The highest BCUT2D eigenvalue weighted by Crippen LogP contribution is 2.48. The van der Waals surface area contributed by atoms with Gasteiger partial charge in [-0.25, -0.2) is 4.39 Å². The maximum absolute atomic E-state index is 13.6. The van der Waals surface area contributed by atoms with Crippen molar-refractivity contribution in [2.45, 2.75) is 61.5 Å². The monoisotopic (exact) mass is 328 g/mol. The van der Waals surface area contributed by atoms with Crippen LogP contribution in [0.4, 0.5) is 4.39 Å². The zero-order chi connectivity index (χ0) is 15.1. The topological polar surface area (TPSA) is 50.4 Å². The maximum Gasteiger partial charge on any atom is 0.227 e. The van der Waals surface area contributed by atoms with Crippen LogP contribution in [0.5, 0.6) is 0 Å². The van der Waals surface area contributed by atoms with E-state index in [-0.39, 0.29) is 17.3 Å². The van der Waals surface area contributed by atoms with Crippen molar-refractivity contribution in [3.8, 4) is 0 Å². The summed E-state index contributed by atoms with van der Waals surface area (Å²) in [5.41, 5.74) is 0.0185. The lowest BCUT2D eigenvalue weighted by Crippen LogP contribution is -2.48. The third-order valence-corrected chi connectivity index (χ3v) is 7.40. The Kier molecular flexibility index (Phi) is 4.35. The standard InChI is InChI=1S/C16H25FN2O2S/c17-11-2-3-12-9(7-11)1-4-13-14(12)22-16(18-13)19-15(20)10-5-6-21-8-10/h9-14,16,18H,1-8H2,(H,19,20)/t9?,10-,11?,12?,13?,14?,16?/m0/s1. The van der Waals surface area contributed by atoms with Gasteiger partial charge in [0.1, 0.15) is 11.7 Å². The molecule has 1 amide bonds. The van der Waals surface area contributed by atoms with Crippen molar-refractivity contribution in [2.75, 3.05) is 13.2 Å². The molecular weight excluding hydrogens is 303 g/mol. The van der Waals surface area contributed by atoms with Gasteiger partial charge in [0, 0.05) is 17.9 Å². The SMILES string of the molecule is O=C(NC1NC2CCC3CC(F)CCC3C2S1)[C@H]1CCOC1. The molecule has 2 saturated carbocycles. The van der Waals surface area contributed by atoms with Crippen molar-refractivity contribution >= 4 is 17.7 Å². The van der Waals surface area contributed by atoms with E-state index in [9.17, 15) is 9.18 Å². The summed E-state index contributed by atoms with van der Waals surface area (Å²) in [6.07, 6.45) is 4.99. The Morgan fingerprint density at radius 3 is 2.95 bits per heavy atom. The first-order chi connectivity index (χ1) is 10.7. The second-order valence-corrected chi connectivity index (χ2v) is 8.52. The van der Waals surface area contributed by atoms with Gasteiger partial charge in [0.05, 0.1) is 12.5 Å². The number of ether oxygens (including phenoxy) is 1. The summed E-state index contributed by atoms with van der Waals surface area (Å²) in [6.45, 7) is 1.25. The van der Waals surface area contributed by atoms with Gasteiger partial charge in [-0.15, -0.1) is 11.8 Å². The minimum Gasteiger partial charge on any atom is -0.381 e. The van der Waals surface area contributed by atoms with Crippen LogP contribution in [0, 0.1) is 17.8 Å². The van der Waals surface area contributed by atoms with Crippen LogP contribution in [0.25, 0.3) is 0 Å². The summed E-state index contributed by atoms with van der Waals surface area (Å²) in [5.74, 6) is 1.31. The van der Waals surface area contributed by atoms with Crippen molar-refractivity contribution < 1.29 is 13.9 Å². The van der Waals surface area contributed by atoms with Crippen LogP contribution in [-0.2, 0) is 9.53 Å². The molecule has 0 aromatic rings. The number of nitrogens with one attached hydrogen (secondary N) is 2. The molecule has 2 heterocycles. The molecule has 0 spiro atoms. The van der Waals surface area contributed by atoms with E-state index in [0.29, 0.717) is 36.3 Å². The van der Waals surface area contributed by atoms with Crippen LogP contribution in [-0.4, -0.2) is 42.1 Å². The molecule has 6 heteroatoms. The van der Waals surface area contributed by atoms with Gasteiger partial charge in [-0.2, -0.15) is 0 Å². The number of carbonyl (C=O) groups excluding carboxylic acids is 1. The summed E-state index contributed by atoms with van der Waals surface area (Å²) < 4.78 is 18.9. The number of fused-ring (bicyclic) bond motifs is 3. The molecule has 22 heavy (non-hydrogen) atoms. The lowest BCUT2D eigenvalue weighted by atomic mass is 9.68. The van der Waals surface area contributed by atoms with Crippen molar-refractivity contribution in [3.63, 3.8) is 0 Å². The van der Waals surface area contributed by atoms with Crippen LogP contribution in [0.2, 0.25) is 0 Å². The molecule has 124 valence electrons. The number of hydrogen-bond acceptors (Lipinski definition) is 4. The lowest BCUT2D eigenvalue weighted by Gasteiger charge is -2.42. The molecule has 0 aromatic heterocycles. The quantitative estimate of drug-likeness (QED) is 0.814. The van der Waals surface area contributed by atoms with Gasteiger partial charge in [-0.3, -0.25) is 10.1 Å². The molecule has 2 N–H and O–H groups in total. The zero-order valence-corrected chi connectivity index (χ0v) is 13.6. The maximum atomic E-state index is 13.6. The van der Waals surface area contributed by atoms with Crippen molar-refractivity contribution in [3.05, 3.63) is 0 Å². The van der Waals surface area contributed by atoms with Gasteiger partial charge in [0.15, 0.2) is 0 Å². The number of alkyl halides is 1. The number of thioether (sulfide) groups is 1. The molecule has 2 saturated heterocycles. The average Bonchev–Trinajstić information content (AvgIpc) is 3.15. The Hall–Kier alpha value is -0.330. The summed E-state index contributed by atoms with van der Waals surface area (Å²) in [4.78, 5) is 12.2. The predicted molar refractivity (Wildman–Crippen MR) is 84.1 cm³/mol. The first kappa shape index (κ1) is 15.2. The Labute approximate surface area is 135 Å². The first-order valence-electron chi connectivity index (χ1n) is 8.64. The second-order valence-electron chi connectivity index (χ2n) is 7.23. The molecule has 0 aromatic carbocycles. The molecule has 2 aliphatic heterocycles. The largest absolute Gasteiger partial charge is 0.381 e. The summed E-state index contributed by atoms with van der Waals surface area (Å²) in [6, 6.07) is 0.479. The van der Waals surface area contributed by atoms with E-state index in [1.807, 2.05) is 11.8 Å². The van der Waals surface area contributed by atoms with E-state index in [1.54, 1.807) is 0 Å². The van der Waals surface area contributed by atoms with Crippen molar-refractivity contribution in [2.24, 2.45) is 17.8 Å². The third-order valence-electron chi connectivity index (χ3n) is 5.88. The van der Waals surface area contributed by atoms with Gasteiger partial charge in [0.25, 0.3) is 0 Å². The van der Waals surface area contributed by atoms with E-state index in [2.05, 4.69) is 10.6 Å². The van der Waals surface area contributed by atoms with Gasteiger partial charge >= 0.3 is 0 Å². The number of rotatable bonds is 2. The molecule has 6 unspecified atom stereocenters. The highest BCUT2D eigenvalue weighted by molar-refractivity contribution is 8.00. The van der Waals surface area contributed by atoms with Gasteiger partial charge in [-0.1, -0.05) is 0 Å². The lowest BCUT2D eigenvalue weighted by molar-refractivity contribution is -0.125. The van der Waals surface area contributed by atoms with Crippen LogP contribution in [0.3, 0.4) is 0 Å². The first-order valence-corrected chi connectivity index (χ1v) is 9.58. The van der Waals surface area contributed by atoms with Gasteiger partial charge in [0.2, 0.25) is 5.91 Å². The summed E-state index contributed by atoms with van der Waals surface area (Å²) in [5, 5.41) is 7.27. The van der Waals surface area contributed by atoms with Crippen LogP contribution in [0.15, 0.2) is 0 Å². The number of amides is 1. The third kappa shape index (κ3) is 2.89. The molecule has 4 fully saturated rings. The average molecular weight is 328 g/mol. The van der Waals surface area contributed by atoms with Crippen molar-refractivity contribution in [1.82, 2.24) is 10.6 Å². The Morgan fingerprint density at radius 1 is 1.23 bits per heavy atom. The Morgan fingerprint density at radius 2 is 2.14 bits per heavy atom. The fraction of sp³-hybridized carbons (Fsp3) is 0.938. The fourth-order valence-corrected chi connectivity index (χ4v) is 6.40. The van der Waals surface area contributed by atoms with Crippen LogP contribution in [0.1, 0.15) is 38.5 Å². The van der Waals surface area contributed by atoms with Crippen LogP contribution >= 0.6 is 11.8 Å². The molecule has 4 nitrogen and oxygen atoms in total. The van der Waals surface area contributed by atoms with Crippen molar-refractivity contribution in [1.29, 1.82) is 0 Å². The number of carbonyl (C=O) groups is 1. The minimum absolute atomic E-state index is 0.0137. The summed E-state index contributed by atoms with van der Waals surface area (Å²) in [7, 11) is 0. The molecule has 4 aliphatic rings. The molecule has 0 bridgehead atoms. The molecule has 0 radical (unpaired) electrons. The Bertz CT molecular complexity index is 432. The minimum atomic E-state index is -0.588. The molecule has 2 aliphatic carbocycles. The number of hydrogen-bond donors (Lipinski definition) is 2. The van der Waals surface area contributed by atoms with Crippen LogP contribution < -0.4 is 10.6 Å². The second kappa shape index (κ2) is 6.29. The zero-order valence-electron chi connectivity index (χ0n) is 12.8. The fourth-order valence-electron chi connectivity index (χ4n) is 4.68. The van der Waals surface area contributed by atoms with Gasteiger partial charge < -0.3 is 10.1 Å². The Balaban J connectivity index is 1.36. The highest BCUT2D eigenvalue weighted by Gasteiger charge is 2.47. The molecule has 7 atom stereocenters. The van der Waals surface area contributed by atoms with E-state index < -0.39 is 6.17 Å². The highest BCUT2D eigenvalue weighted by atomic mass is 32.2. The van der Waals surface area contributed by atoms with E-state index >= 15 is 0 Å². The van der Waals surface area contributed by atoms with E-state index in [0.717, 1.165) is 38.5 Å². The van der Waals surface area contributed by atoms with E-state index in [4.69, 9.17) is 4.74 Å². The smallest absolute Gasteiger partial charge is 0.227 e.